The summed E-state index contributed by atoms with van der Waals surface area (Å²) in [5.74, 6) is 0. The fourth-order valence-electron chi connectivity index (χ4n) is 1.19. The third-order valence-corrected chi connectivity index (χ3v) is 5.53. The first-order chi connectivity index (χ1) is 7.92. The third kappa shape index (κ3) is 5.81. The van der Waals surface area contributed by atoms with Crippen LogP contribution in [0.15, 0.2) is 9.85 Å². The molecule has 0 radical (unpaired) electrons. The molecule has 3 nitrogen and oxygen atoms in total. The van der Waals surface area contributed by atoms with Crippen molar-refractivity contribution in [3.63, 3.8) is 0 Å². The third-order valence-electron chi connectivity index (χ3n) is 2.22. The number of nitrogens with one attached hydrogen (secondary N) is 2. The van der Waals surface area contributed by atoms with Gasteiger partial charge in [-0.1, -0.05) is 19.6 Å². The summed E-state index contributed by atoms with van der Waals surface area (Å²) < 4.78 is 6.59. The van der Waals surface area contributed by atoms with Crippen LogP contribution in [0.2, 0.25) is 25.7 Å². The molecule has 0 fully saturated rings. The van der Waals surface area contributed by atoms with Crippen LogP contribution in [0.3, 0.4) is 0 Å². The minimum Gasteiger partial charge on any atom is -0.362 e. The molecule has 1 heterocycles. The van der Waals surface area contributed by atoms with Crippen molar-refractivity contribution in [3.05, 3.63) is 15.4 Å². The van der Waals surface area contributed by atoms with Gasteiger partial charge in [0.2, 0.25) is 0 Å². The van der Waals surface area contributed by atoms with E-state index < -0.39 is 8.07 Å². The number of halogens is 1. The average molecular weight is 335 g/mol. The van der Waals surface area contributed by atoms with Crippen LogP contribution in [-0.4, -0.2) is 27.6 Å². The van der Waals surface area contributed by atoms with Crippen molar-refractivity contribution >= 4 is 46.6 Å². The maximum atomic E-state index is 7.28. The monoisotopic (exact) mass is 334 g/mol. The molecule has 0 aliphatic carbocycles. The molecule has 1 rings (SSSR count). The number of ether oxygens (including phenoxy) is 1. The molecule has 0 amide bonds. The van der Waals surface area contributed by atoms with Crippen LogP contribution < -0.4 is 5.32 Å². The van der Waals surface area contributed by atoms with Gasteiger partial charge in [-0.3, -0.25) is 0 Å². The minimum atomic E-state index is -0.994. The van der Waals surface area contributed by atoms with Crippen LogP contribution in [0, 0.1) is 5.41 Å². The van der Waals surface area contributed by atoms with Crippen molar-refractivity contribution in [2.45, 2.75) is 25.7 Å². The maximum Gasteiger partial charge on any atom is 0.117 e. The van der Waals surface area contributed by atoms with Crippen molar-refractivity contribution in [2.75, 3.05) is 18.7 Å². The molecule has 0 saturated carbocycles. The fourth-order valence-corrected chi connectivity index (χ4v) is 3.42. The molecule has 0 bridgehead atoms. The Morgan fingerprint density at radius 1 is 1.53 bits per heavy atom. The van der Waals surface area contributed by atoms with Crippen LogP contribution in [0.1, 0.15) is 5.56 Å². The molecule has 0 unspecified atom stereocenters. The van der Waals surface area contributed by atoms with E-state index in [0.717, 1.165) is 21.0 Å². The van der Waals surface area contributed by atoms with Gasteiger partial charge in [-0.2, -0.15) is 0 Å². The predicted octanol–water partition coefficient (Wildman–Crippen LogP) is 4.23. The lowest BCUT2D eigenvalue weighted by molar-refractivity contribution is 0.166. The van der Waals surface area contributed by atoms with E-state index in [9.17, 15) is 0 Å². The van der Waals surface area contributed by atoms with Crippen LogP contribution in [-0.2, 0) is 4.74 Å². The van der Waals surface area contributed by atoms with E-state index in [1.807, 2.05) is 6.07 Å². The number of hydrogen-bond acceptors (Lipinski definition) is 4. The Hall–Kier alpha value is -0.173. The van der Waals surface area contributed by atoms with Crippen LogP contribution in [0.4, 0.5) is 5.00 Å². The Kier molecular flexibility index (Phi) is 5.85. The first kappa shape index (κ1) is 14.9. The van der Waals surface area contributed by atoms with E-state index in [-0.39, 0.29) is 0 Å². The highest BCUT2D eigenvalue weighted by atomic mass is 79.9. The van der Waals surface area contributed by atoms with Crippen LogP contribution in [0.5, 0.6) is 0 Å². The highest BCUT2D eigenvalue weighted by molar-refractivity contribution is 9.11. The van der Waals surface area contributed by atoms with E-state index in [2.05, 4.69) is 40.9 Å². The Morgan fingerprint density at radius 2 is 2.24 bits per heavy atom. The molecule has 0 atom stereocenters. The highest BCUT2D eigenvalue weighted by Gasteiger charge is 2.12. The molecule has 6 heteroatoms. The first-order valence-electron chi connectivity index (χ1n) is 5.54. The lowest BCUT2D eigenvalue weighted by Gasteiger charge is -2.15. The highest BCUT2D eigenvalue weighted by Crippen LogP contribution is 2.30. The summed E-state index contributed by atoms with van der Waals surface area (Å²) >= 11 is 5.00. The summed E-state index contributed by atoms with van der Waals surface area (Å²) in [7, 11) is -0.994. The number of thiophene rings is 1. The van der Waals surface area contributed by atoms with Gasteiger partial charge in [0.25, 0.3) is 0 Å². The summed E-state index contributed by atoms with van der Waals surface area (Å²) in [6.07, 6.45) is 1.35. The van der Waals surface area contributed by atoms with E-state index >= 15 is 0 Å². The number of rotatable bonds is 7. The zero-order valence-electron chi connectivity index (χ0n) is 10.5. The Balaban J connectivity index is 2.29. The van der Waals surface area contributed by atoms with Crippen molar-refractivity contribution in [1.82, 2.24) is 0 Å². The second kappa shape index (κ2) is 6.68. The Labute approximate surface area is 116 Å². The Bertz CT molecular complexity index is 376. The average Bonchev–Trinajstić information content (AvgIpc) is 2.57. The maximum absolute atomic E-state index is 7.28. The van der Waals surface area contributed by atoms with Gasteiger partial charge in [-0.15, -0.1) is 11.3 Å². The largest absolute Gasteiger partial charge is 0.362 e. The quantitative estimate of drug-likeness (QED) is 0.339. The molecule has 1 aromatic rings. The molecular formula is C11H19BrN2OSSi. The van der Waals surface area contributed by atoms with E-state index in [4.69, 9.17) is 10.1 Å². The topological polar surface area (TPSA) is 45.1 Å². The summed E-state index contributed by atoms with van der Waals surface area (Å²) in [6.45, 7) is 8.35. The second-order valence-corrected chi connectivity index (χ2v) is 13.1. The standard InChI is InChI=1S/C11H19BrN2OSSi/c1-17(2,3)5-4-15-8-14-11-9(7-13)6-10(12)16-11/h6-7,13-14H,4-5,8H2,1-3H3. The van der Waals surface area contributed by atoms with Gasteiger partial charge >= 0.3 is 0 Å². The van der Waals surface area contributed by atoms with Gasteiger partial charge < -0.3 is 15.5 Å². The zero-order valence-corrected chi connectivity index (χ0v) is 13.9. The summed E-state index contributed by atoms with van der Waals surface area (Å²) in [4.78, 5) is 0. The van der Waals surface area contributed by atoms with E-state index in [0.29, 0.717) is 6.73 Å². The van der Waals surface area contributed by atoms with Gasteiger partial charge in [0.05, 0.1) is 3.79 Å². The van der Waals surface area contributed by atoms with Gasteiger partial charge in [-0.05, 0) is 28.0 Å². The summed E-state index contributed by atoms with van der Waals surface area (Å²) in [5.41, 5.74) is 0.899. The molecule has 0 saturated heterocycles. The molecule has 0 spiro atoms. The smallest absolute Gasteiger partial charge is 0.117 e. The normalized spacial score (nSPS) is 11.5. The molecule has 0 aliphatic rings. The predicted molar refractivity (Wildman–Crippen MR) is 82.5 cm³/mol. The van der Waals surface area contributed by atoms with Crippen LogP contribution >= 0.6 is 27.3 Å². The van der Waals surface area contributed by atoms with E-state index in [1.165, 1.54) is 12.3 Å². The molecule has 0 aliphatic heterocycles. The minimum absolute atomic E-state index is 0.512. The van der Waals surface area contributed by atoms with Crippen molar-refractivity contribution in [3.8, 4) is 0 Å². The van der Waals surface area contributed by atoms with E-state index in [1.54, 1.807) is 11.3 Å². The Morgan fingerprint density at radius 3 is 2.82 bits per heavy atom. The van der Waals surface area contributed by atoms with Crippen molar-refractivity contribution in [2.24, 2.45) is 0 Å². The lowest BCUT2D eigenvalue weighted by Crippen LogP contribution is -2.22. The molecular weight excluding hydrogens is 316 g/mol. The molecule has 0 aromatic carbocycles. The van der Waals surface area contributed by atoms with Crippen LogP contribution in [0.25, 0.3) is 0 Å². The lowest BCUT2D eigenvalue weighted by atomic mass is 10.3. The fraction of sp³-hybridized carbons (Fsp3) is 0.545. The zero-order chi connectivity index (χ0) is 12.9. The van der Waals surface area contributed by atoms with Crippen molar-refractivity contribution < 1.29 is 4.74 Å². The molecule has 17 heavy (non-hydrogen) atoms. The molecule has 2 N–H and O–H groups in total. The SMILES string of the molecule is C[Si](C)(C)CCOCNc1sc(Br)cc1C=N. The number of anilines is 1. The summed E-state index contributed by atoms with van der Waals surface area (Å²) in [6, 6.07) is 3.11. The van der Waals surface area contributed by atoms with Gasteiger partial charge in [-0.25, -0.2) is 0 Å². The van der Waals surface area contributed by atoms with Crippen molar-refractivity contribution in [1.29, 1.82) is 5.41 Å². The first-order valence-corrected chi connectivity index (χ1v) is 10.9. The number of hydrogen-bond donors (Lipinski definition) is 2. The summed E-state index contributed by atoms with van der Waals surface area (Å²) in [5, 5.41) is 11.5. The second-order valence-electron chi connectivity index (χ2n) is 5.02. The van der Waals surface area contributed by atoms with Gasteiger partial charge in [0, 0.05) is 26.5 Å². The molecule has 1 aromatic heterocycles. The molecule has 96 valence electrons. The van der Waals surface area contributed by atoms with Gasteiger partial charge in [0.15, 0.2) is 0 Å². The van der Waals surface area contributed by atoms with Gasteiger partial charge in [0.1, 0.15) is 11.7 Å².